The molecule has 144 valence electrons. The van der Waals surface area contributed by atoms with Gasteiger partial charge in [0.05, 0.1) is 12.8 Å². The molecule has 0 saturated heterocycles. The molecule has 2 aromatic heterocycles. The van der Waals surface area contributed by atoms with E-state index < -0.39 is 0 Å². The number of ether oxygens (including phenoxy) is 1. The summed E-state index contributed by atoms with van der Waals surface area (Å²) in [6.45, 7) is 1.94. The number of pyridine rings is 1. The van der Waals surface area contributed by atoms with Crippen LogP contribution in [0.1, 0.15) is 37.9 Å². The number of hydrogen-bond acceptors (Lipinski definition) is 5. The minimum absolute atomic E-state index is 0.514. The van der Waals surface area contributed by atoms with E-state index in [0.29, 0.717) is 6.04 Å². The van der Waals surface area contributed by atoms with Crippen molar-refractivity contribution >= 4 is 5.82 Å². The van der Waals surface area contributed by atoms with Crippen LogP contribution in [0.4, 0.5) is 5.82 Å². The zero-order valence-corrected chi connectivity index (χ0v) is 16.5. The van der Waals surface area contributed by atoms with E-state index in [2.05, 4.69) is 26.3 Å². The highest BCUT2D eigenvalue weighted by Gasteiger charge is 2.15. The summed E-state index contributed by atoms with van der Waals surface area (Å²) in [6, 6.07) is 12.7. The summed E-state index contributed by atoms with van der Waals surface area (Å²) in [5.41, 5.74) is 4.04. The summed E-state index contributed by atoms with van der Waals surface area (Å²) in [7, 11) is 1.67. The van der Waals surface area contributed by atoms with E-state index in [1.807, 2.05) is 49.6 Å². The second-order valence-electron chi connectivity index (χ2n) is 7.36. The predicted molar refractivity (Wildman–Crippen MR) is 112 cm³/mol. The van der Waals surface area contributed by atoms with Crippen LogP contribution in [0.25, 0.3) is 22.4 Å². The maximum Gasteiger partial charge on any atom is 0.130 e. The fourth-order valence-electron chi connectivity index (χ4n) is 3.77. The van der Waals surface area contributed by atoms with Crippen LogP contribution in [-0.2, 0) is 0 Å². The van der Waals surface area contributed by atoms with E-state index in [1.54, 1.807) is 7.11 Å². The first-order chi connectivity index (χ1) is 13.7. The van der Waals surface area contributed by atoms with Crippen molar-refractivity contribution in [3.63, 3.8) is 0 Å². The Labute approximate surface area is 166 Å². The summed E-state index contributed by atoms with van der Waals surface area (Å²) < 4.78 is 5.25. The third kappa shape index (κ3) is 4.30. The standard InChI is InChI=1S/C23H26N4O/c1-16-25-22(13-23(26-16)27-20-6-4-3-5-7-20)19-12-18(14-24-15-19)17-8-10-21(28-2)11-9-17/h8-15,20H,3-7H2,1-2H3,(H,25,26,27). The van der Waals surface area contributed by atoms with Crippen molar-refractivity contribution in [2.75, 3.05) is 12.4 Å². The maximum atomic E-state index is 5.25. The van der Waals surface area contributed by atoms with Gasteiger partial charge in [0.1, 0.15) is 17.4 Å². The average Bonchev–Trinajstić information content (AvgIpc) is 2.74. The normalized spacial score (nSPS) is 14.6. The summed E-state index contributed by atoms with van der Waals surface area (Å²) in [4.78, 5) is 13.7. The lowest BCUT2D eigenvalue weighted by atomic mass is 9.95. The van der Waals surface area contributed by atoms with Gasteiger partial charge < -0.3 is 10.1 Å². The van der Waals surface area contributed by atoms with Crippen LogP contribution < -0.4 is 10.1 Å². The largest absolute Gasteiger partial charge is 0.497 e. The Kier molecular flexibility index (Phi) is 5.51. The van der Waals surface area contributed by atoms with Crippen molar-refractivity contribution in [3.8, 4) is 28.1 Å². The quantitative estimate of drug-likeness (QED) is 0.659. The minimum atomic E-state index is 0.514. The van der Waals surface area contributed by atoms with Crippen molar-refractivity contribution in [3.05, 3.63) is 54.6 Å². The number of aryl methyl sites for hydroxylation is 1. The minimum Gasteiger partial charge on any atom is -0.497 e. The van der Waals surface area contributed by atoms with Crippen LogP contribution in [0.3, 0.4) is 0 Å². The van der Waals surface area contributed by atoms with Crippen molar-refractivity contribution < 1.29 is 4.74 Å². The van der Waals surface area contributed by atoms with Crippen molar-refractivity contribution in [2.24, 2.45) is 0 Å². The molecule has 1 saturated carbocycles. The van der Waals surface area contributed by atoms with E-state index in [-0.39, 0.29) is 0 Å². The molecule has 0 aliphatic heterocycles. The first kappa shape index (κ1) is 18.4. The van der Waals surface area contributed by atoms with Crippen LogP contribution in [0.15, 0.2) is 48.8 Å². The molecule has 0 amide bonds. The Morgan fingerprint density at radius 1 is 0.893 bits per heavy atom. The molecule has 1 aromatic carbocycles. The van der Waals surface area contributed by atoms with E-state index in [9.17, 15) is 0 Å². The fourth-order valence-corrected chi connectivity index (χ4v) is 3.77. The molecular formula is C23H26N4O. The van der Waals surface area contributed by atoms with Gasteiger partial charge in [-0.3, -0.25) is 4.98 Å². The highest BCUT2D eigenvalue weighted by atomic mass is 16.5. The zero-order chi connectivity index (χ0) is 19.3. The first-order valence-electron chi connectivity index (χ1n) is 9.93. The van der Waals surface area contributed by atoms with Crippen LogP contribution in [0.2, 0.25) is 0 Å². The van der Waals surface area contributed by atoms with Gasteiger partial charge >= 0.3 is 0 Å². The zero-order valence-electron chi connectivity index (χ0n) is 16.5. The van der Waals surface area contributed by atoms with Crippen LogP contribution in [0.5, 0.6) is 5.75 Å². The molecular weight excluding hydrogens is 348 g/mol. The molecule has 0 unspecified atom stereocenters. The second-order valence-corrected chi connectivity index (χ2v) is 7.36. The van der Waals surface area contributed by atoms with E-state index >= 15 is 0 Å². The fraction of sp³-hybridized carbons (Fsp3) is 0.348. The Balaban J connectivity index is 1.61. The topological polar surface area (TPSA) is 59.9 Å². The van der Waals surface area contributed by atoms with Gasteiger partial charge in [-0.15, -0.1) is 0 Å². The molecule has 0 spiro atoms. The highest BCUT2D eigenvalue weighted by Crippen LogP contribution is 2.28. The van der Waals surface area contributed by atoms with Gasteiger partial charge in [-0.25, -0.2) is 9.97 Å². The lowest BCUT2D eigenvalue weighted by molar-refractivity contribution is 0.415. The lowest BCUT2D eigenvalue weighted by Crippen LogP contribution is -2.23. The number of nitrogens with one attached hydrogen (secondary N) is 1. The summed E-state index contributed by atoms with van der Waals surface area (Å²) in [6.07, 6.45) is 10.1. The first-order valence-corrected chi connectivity index (χ1v) is 9.93. The van der Waals surface area contributed by atoms with Crippen molar-refractivity contribution in [1.82, 2.24) is 15.0 Å². The SMILES string of the molecule is COc1ccc(-c2cncc(-c3cc(NC4CCCCC4)nc(C)n3)c2)cc1. The third-order valence-corrected chi connectivity index (χ3v) is 5.25. The number of hydrogen-bond donors (Lipinski definition) is 1. The summed E-state index contributed by atoms with van der Waals surface area (Å²) in [5.74, 6) is 2.52. The maximum absolute atomic E-state index is 5.25. The van der Waals surface area contributed by atoms with Crippen molar-refractivity contribution in [1.29, 1.82) is 0 Å². The number of rotatable bonds is 5. The molecule has 1 fully saturated rings. The monoisotopic (exact) mass is 374 g/mol. The molecule has 0 radical (unpaired) electrons. The molecule has 1 aliphatic carbocycles. The van der Waals surface area contributed by atoms with Gasteiger partial charge in [0.2, 0.25) is 0 Å². The van der Waals surface area contributed by atoms with E-state index in [1.165, 1.54) is 32.1 Å². The number of benzene rings is 1. The molecule has 5 nitrogen and oxygen atoms in total. The predicted octanol–water partition coefficient (Wildman–Crippen LogP) is 5.27. The molecule has 2 heterocycles. The van der Waals surface area contributed by atoms with Crippen molar-refractivity contribution in [2.45, 2.75) is 45.1 Å². The van der Waals surface area contributed by atoms with E-state index in [0.717, 1.165) is 39.8 Å². The van der Waals surface area contributed by atoms with Gasteiger partial charge in [0.15, 0.2) is 0 Å². The third-order valence-electron chi connectivity index (χ3n) is 5.25. The smallest absolute Gasteiger partial charge is 0.130 e. The molecule has 0 atom stereocenters. The second kappa shape index (κ2) is 8.38. The Morgan fingerprint density at radius 2 is 1.64 bits per heavy atom. The lowest BCUT2D eigenvalue weighted by Gasteiger charge is -2.23. The molecule has 4 rings (SSSR count). The molecule has 1 aliphatic rings. The average molecular weight is 374 g/mol. The molecule has 28 heavy (non-hydrogen) atoms. The summed E-state index contributed by atoms with van der Waals surface area (Å²) in [5, 5.41) is 3.61. The number of aromatic nitrogens is 3. The molecule has 5 heteroatoms. The Bertz CT molecular complexity index is 934. The highest BCUT2D eigenvalue weighted by molar-refractivity contribution is 5.71. The van der Waals surface area contributed by atoms with Gasteiger partial charge in [-0.1, -0.05) is 31.4 Å². The van der Waals surface area contributed by atoms with E-state index in [4.69, 9.17) is 4.74 Å². The number of anilines is 1. The molecule has 3 aromatic rings. The van der Waals surface area contributed by atoms with Gasteiger partial charge in [0, 0.05) is 35.6 Å². The van der Waals surface area contributed by atoms with Gasteiger partial charge in [0.25, 0.3) is 0 Å². The van der Waals surface area contributed by atoms with Crippen LogP contribution in [-0.4, -0.2) is 28.1 Å². The van der Waals surface area contributed by atoms with Crippen LogP contribution in [0, 0.1) is 6.92 Å². The summed E-state index contributed by atoms with van der Waals surface area (Å²) >= 11 is 0. The van der Waals surface area contributed by atoms with Gasteiger partial charge in [-0.2, -0.15) is 0 Å². The Hall–Kier alpha value is -2.95. The number of methoxy groups -OCH3 is 1. The number of nitrogens with zero attached hydrogens (tertiary/aromatic N) is 3. The Morgan fingerprint density at radius 3 is 2.39 bits per heavy atom. The van der Waals surface area contributed by atoms with Crippen LogP contribution >= 0.6 is 0 Å². The molecule has 1 N–H and O–H groups in total. The van der Waals surface area contributed by atoms with Gasteiger partial charge in [-0.05, 0) is 43.5 Å². The molecule has 0 bridgehead atoms.